The number of nitrogens with one attached hydrogen (secondary N) is 1. The van der Waals surface area contributed by atoms with E-state index in [0.717, 1.165) is 25.9 Å². The fourth-order valence-corrected chi connectivity index (χ4v) is 2.70. The molecule has 2 heterocycles. The summed E-state index contributed by atoms with van der Waals surface area (Å²) in [5.41, 5.74) is 1.19. The highest BCUT2D eigenvalue weighted by Crippen LogP contribution is 2.18. The summed E-state index contributed by atoms with van der Waals surface area (Å²) in [6.07, 6.45) is 5.61. The van der Waals surface area contributed by atoms with E-state index in [2.05, 4.69) is 15.2 Å². The quantitative estimate of drug-likeness (QED) is 0.790. The molecule has 7 heteroatoms. The van der Waals surface area contributed by atoms with Gasteiger partial charge in [-0.15, -0.1) is 0 Å². The second-order valence-corrected chi connectivity index (χ2v) is 6.52. The van der Waals surface area contributed by atoms with E-state index >= 15 is 0 Å². The van der Waals surface area contributed by atoms with E-state index in [4.69, 9.17) is 5.14 Å². The number of primary sulfonamides is 1. The first-order chi connectivity index (χ1) is 9.04. The van der Waals surface area contributed by atoms with Gasteiger partial charge in [-0.05, 0) is 25.0 Å². The number of nitrogens with zero attached hydrogens (tertiary/aromatic N) is 2. The molecule has 0 spiro atoms. The van der Waals surface area contributed by atoms with E-state index in [-0.39, 0.29) is 5.75 Å². The molecule has 0 radical (unpaired) electrons. The Morgan fingerprint density at radius 2 is 1.95 bits per heavy atom. The summed E-state index contributed by atoms with van der Waals surface area (Å²) < 4.78 is 21.7. The van der Waals surface area contributed by atoms with E-state index in [9.17, 15) is 8.42 Å². The number of rotatable bonds is 5. The lowest BCUT2D eigenvalue weighted by atomic mass is 10.0. The number of nitrogens with two attached hydrogens (primary N) is 1. The monoisotopic (exact) mass is 284 g/mol. The third kappa shape index (κ3) is 4.77. The standard InChI is InChI=1S/C12H20N4O2S/c13-19(17,18)10-7-15-11-3-8-16(9-4-11)12-1-5-14-6-2-12/h1-2,5-6,11,15H,3-4,7-10H2,(H2,13,17,18). The van der Waals surface area contributed by atoms with Crippen LogP contribution in [0.2, 0.25) is 0 Å². The molecule has 3 N–H and O–H groups in total. The smallest absolute Gasteiger partial charge is 0.210 e. The maximum Gasteiger partial charge on any atom is 0.210 e. The van der Waals surface area contributed by atoms with Crippen LogP contribution in [0, 0.1) is 0 Å². The maximum absolute atomic E-state index is 10.8. The Hall–Kier alpha value is -1.18. The number of pyridine rings is 1. The highest BCUT2D eigenvalue weighted by Gasteiger charge is 2.19. The van der Waals surface area contributed by atoms with Crippen LogP contribution >= 0.6 is 0 Å². The first-order valence-corrected chi connectivity index (χ1v) is 8.15. The number of hydrogen-bond acceptors (Lipinski definition) is 5. The van der Waals surface area contributed by atoms with E-state index < -0.39 is 10.0 Å². The summed E-state index contributed by atoms with van der Waals surface area (Å²) >= 11 is 0. The molecule has 0 aliphatic carbocycles. The van der Waals surface area contributed by atoms with Gasteiger partial charge in [-0.1, -0.05) is 0 Å². The number of hydrogen-bond donors (Lipinski definition) is 2. The second kappa shape index (κ2) is 6.31. The largest absolute Gasteiger partial charge is 0.371 e. The number of aromatic nitrogens is 1. The molecule has 0 bridgehead atoms. The van der Waals surface area contributed by atoms with Crippen molar-refractivity contribution in [2.24, 2.45) is 5.14 Å². The van der Waals surface area contributed by atoms with Gasteiger partial charge in [0.25, 0.3) is 0 Å². The van der Waals surface area contributed by atoms with Crippen LogP contribution in [0.15, 0.2) is 24.5 Å². The lowest BCUT2D eigenvalue weighted by molar-refractivity contribution is 0.423. The van der Waals surface area contributed by atoms with Gasteiger partial charge in [0.05, 0.1) is 5.75 Å². The van der Waals surface area contributed by atoms with Crippen LogP contribution in [0.25, 0.3) is 0 Å². The molecule has 1 fully saturated rings. The Kier molecular flexibility index (Phi) is 4.73. The Bertz CT molecular complexity index is 484. The van der Waals surface area contributed by atoms with Crippen molar-refractivity contribution in [3.63, 3.8) is 0 Å². The average molecular weight is 284 g/mol. The SMILES string of the molecule is NS(=O)(=O)CCNC1CCN(c2ccncc2)CC1. The fourth-order valence-electron chi connectivity index (χ4n) is 2.30. The van der Waals surface area contributed by atoms with Gasteiger partial charge in [-0.3, -0.25) is 4.98 Å². The van der Waals surface area contributed by atoms with Crippen LogP contribution in [0.1, 0.15) is 12.8 Å². The van der Waals surface area contributed by atoms with E-state index in [0.29, 0.717) is 12.6 Å². The zero-order valence-corrected chi connectivity index (χ0v) is 11.6. The Labute approximate surface area is 114 Å². The number of anilines is 1. The summed E-state index contributed by atoms with van der Waals surface area (Å²) in [5, 5.41) is 8.22. The minimum atomic E-state index is -3.36. The summed E-state index contributed by atoms with van der Waals surface area (Å²) in [4.78, 5) is 6.33. The Morgan fingerprint density at radius 1 is 1.32 bits per heavy atom. The normalized spacial score (nSPS) is 17.6. The van der Waals surface area contributed by atoms with Crippen molar-refractivity contribution in [1.82, 2.24) is 10.3 Å². The molecule has 0 atom stereocenters. The molecule has 1 aromatic rings. The molecule has 19 heavy (non-hydrogen) atoms. The first-order valence-electron chi connectivity index (χ1n) is 6.43. The third-order valence-corrected chi connectivity index (χ3v) is 4.12. The van der Waals surface area contributed by atoms with E-state index in [1.54, 1.807) is 12.4 Å². The Morgan fingerprint density at radius 3 is 2.53 bits per heavy atom. The van der Waals surface area contributed by atoms with Gasteiger partial charge >= 0.3 is 0 Å². The molecule has 1 aliphatic heterocycles. The molecule has 1 saturated heterocycles. The predicted octanol–water partition coefficient (Wildman–Crippen LogP) is -0.0715. The molecule has 0 amide bonds. The molecule has 0 unspecified atom stereocenters. The molecule has 106 valence electrons. The van der Waals surface area contributed by atoms with Gasteiger partial charge < -0.3 is 10.2 Å². The van der Waals surface area contributed by atoms with Crippen molar-refractivity contribution in [2.75, 3.05) is 30.3 Å². The fraction of sp³-hybridized carbons (Fsp3) is 0.583. The van der Waals surface area contributed by atoms with Crippen molar-refractivity contribution in [2.45, 2.75) is 18.9 Å². The second-order valence-electron chi connectivity index (χ2n) is 4.79. The molecule has 2 rings (SSSR count). The maximum atomic E-state index is 10.8. The van der Waals surface area contributed by atoms with Crippen molar-refractivity contribution in [1.29, 1.82) is 0 Å². The minimum Gasteiger partial charge on any atom is -0.371 e. The van der Waals surface area contributed by atoms with Gasteiger partial charge in [0.15, 0.2) is 0 Å². The summed E-state index contributed by atoms with van der Waals surface area (Å²) in [6.45, 7) is 2.37. The summed E-state index contributed by atoms with van der Waals surface area (Å²) in [7, 11) is -3.36. The molecule has 1 aliphatic rings. The van der Waals surface area contributed by atoms with Gasteiger partial charge in [-0.25, -0.2) is 13.6 Å². The van der Waals surface area contributed by atoms with Crippen molar-refractivity contribution < 1.29 is 8.42 Å². The molecule has 0 saturated carbocycles. The van der Waals surface area contributed by atoms with E-state index in [1.165, 1.54) is 5.69 Å². The highest BCUT2D eigenvalue weighted by atomic mass is 32.2. The summed E-state index contributed by atoms with van der Waals surface area (Å²) in [6, 6.07) is 4.39. The highest BCUT2D eigenvalue weighted by molar-refractivity contribution is 7.89. The van der Waals surface area contributed by atoms with Gasteiger partial charge in [0.1, 0.15) is 0 Å². The minimum absolute atomic E-state index is 0.00241. The Balaban J connectivity index is 1.74. The lowest BCUT2D eigenvalue weighted by Gasteiger charge is -2.34. The average Bonchev–Trinajstić information content (AvgIpc) is 2.39. The zero-order chi connectivity index (χ0) is 13.7. The molecular formula is C12H20N4O2S. The van der Waals surface area contributed by atoms with Gasteiger partial charge in [0.2, 0.25) is 10.0 Å². The first kappa shape index (κ1) is 14.2. The van der Waals surface area contributed by atoms with Crippen molar-refractivity contribution in [3.05, 3.63) is 24.5 Å². The third-order valence-electron chi connectivity index (χ3n) is 3.34. The van der Waals surface area contributed by atoms with Crippen LogP contribution in [-0.4, -0.2) is 44.8 Å². The van der Waals surface area contributed by atoms with Crippen molar-refractivity contribution >= 4 is 15.7 Å². The lowest BCUT2D eigenvalue weighted by Crippen LogP contribution is -2.44. The topological polar surface area (TPSA) is 88.3 Å². The predicted molar refractivity (Wildman–Crippen MR) is 75.4 cm³/mol. The van der Waals surface area contributed by atoms with Gasteiger partial charge in [-0.2, -0.15) is 0 Å². The number of piperidine rings is 1. The molecule has 0 aromatic carbocycles. The van der Waals surface area contributed by atoms with Crippen LogP contribution in [0.3, 0.4) is 0 Å². The summed E-state index contributed by atoms with van der Waals surface area (Å²) in [5.74, 6) is -0.00241. The number of sulfonamides is 1. The van der Waals surface area contributed by atoms with Crippen molar-refractivity contribution in [3.8, 4) is 0 Å². The molecular weight excluding hydrogens is 264 g/mol. The van der Waals surface area contributed by atoms with Crippen LogP contribution < -0.4 is 15.4 Å². The van der Waals surface area contributed by atoms with Gasteiger partial charge in [0, 0.05) is 43.8 Å². The van der Waals surface area contributed by atoms with Crippen LogP contribution in [-0.2, 0) is 10.0 Å². The zero-order valence-electron chi connectivity index (χ0n) is 10.8. The van der Waals surface area contributed by atoms with E-state index in [1.807, 2.05) is 12.1 Å². The molecule has 6 nitrogen and oxygen atoms in total. The molecule has 1 aromatic heterocycles. The van der Waals surface area contributed by atoms with Crippen LogP contribution in [0.5, 0.6) is 0 Å². The van der Waals surface area contributed by atoms with Crippen LogP contribution in [0.4, 0.5) is 5.69 Å².